The Kier molecular flexibility index (Phi) is 4.28. The molecule has 0 aliphatic carbocycles. The number of phenols is 2. The molecule has 0 radical (unpaired) electrons. The number of rotatable bonds is 4. The number of halogens is 1. The van der Waals surface area contributed by atoms with Crippen molar-refractivity contribution in [1.29, 1.82) is 0 Å². The fourth-order valence-corrected chi connectivity index (χ4v) is 1.91. The van der Waals surface area contributed by atoms with Crippen LogP contribution in [0.1, 0.15) is 37.3 Å². The first-order valence-corrected chi connectivity index (χ1v) is 5.65. The van der Waals surface area contributed by atoms with Gasteiger partial charge in [0.05, 0.1) is 5.02 Å². The number of aromatic hydroxyl groups is 2. The van der Waals surface area contributed by atoms with E-state index in [1.165, 1.54) is 6.07 Å². The van der Waals surface area contributed by atoms with Gasteiger partial charge in [0.1, 0.15) is 11.5 Å². The molecule has 0 saturated carbocycles. The van der Waals surface area contributed by atoms with Gasteiger partial charge in [-0.15, -0.1) is 0 Å². The predicted octanol–water partition coefficient (Wildman–Crippen LogP) is 3.79. The predicted molar refractivity (Wildman–Crippen MR) is 62.7 cm³/mol. The van der Waals surface area contributed by atoms with E-state index in [4.69, 9.17) is 11.6 Å². The molecule has 0 saturated heterocycles. The zero-order chi connectivity index (χ0) is 11.4. The van der Waals surface area contributed by atoms with Crippen molar-refractivity contribution in [1.82, 2.24) is 0 Å². The van der Waals surface area contributed by atoms with Crippen LogP contribution >= 0.6 is 11.6 Å². The molecule has 0 aromatic heterocycles. The highest BCUT2D eigenvalue weighted by Crippen LogP contribution is 2.36. The Labute approximate surface area is 95.5 Å². The monoisotopic (exact) mass is 228 g/mol. The van der Waals surface area contributed by atoms with Crippen LogP contribution in [0.2, 0.25) is 5.02 Å². The first-order chi connectivity index (χ1) is 7.07. The molecule has 0 aliphatic rings. The normalized spacial score (nSPS) is 10.6. The molecule has 0 aliphatic heterocycles. The van der Waals surface area contributed by atoms with Gasteiger partial charge in [0.15, 0.2) is 0 Å². The largest absolute Gasteiger partial charge is 0.508 e. The summed E-state index contributed by atoms with van der Waals surface area (Å²) in [6.45, 7) is 3.95. The molecule has 0 heterocycles. The number of benzene rings is 1. The van der Waals surface area contributed by atoms with Gasteiger partial charge >= 0.3 is 0 Å². The molecule has 3 heteroatoms. The molecule has 1 rings (SSSR count). The van der Waals surface area contributed by atoms with Crippen LogP contribution in [-0.2, 0) is 6.42 Å². The third-order valence-corrected chi connectivity index (χ3v) is 3.05. The van der Waals surface area contributed by atoms with E-state index in [0.29, 0.717) is 5.02 Å². The Morgan fingerprint density at radius 3 is 2.47 bits per heavy atom. The summed E-state index contributed by atoms with van der Waals surface area (Å²) in [6.07, 6.45) is 4.11. The average molecular weight is 229 g/mol. The average Bonchev–Trinajstić information content (AvgIpc) is 2.20. The van der Waals surface area contributed by atoms with Crippen LogP contribution in [-0.4, -0.2) is 10.2 Å². The molecule has 0 amide bonds. The molecular formula is C12H17ClO2. The zero-order valence-electron chi connectivity index (χ0n) is 9.18. The number of hydrogen-bond donors (Lipinski definition) is 2. The fourth-order valence-electron chi connectivity index (χ4n) is 1.62. The Bertz CT molecular complexity index is 322. The molecule has 0 bridgehead atoms. The van der Waals surface area contributed by atoms with Crippen LogP contribution in [0.4, 0.5) is 0 Å². The van der Waals surface area contributed by atoms with Crippen molar-refractivity contribution < 1.29 is 10.2 Å². The quantitative estimate of drug-likeness (QED) is 0.770. The topological polar surface area (TPSA) is 40.5 Å². The Morgan fingerprint density at radius 2 is 1.87 bits per heavy atom. The Hall–Kier alpha value is -0.890. The highest BCUT2D eigenvalue weighted by molar-refractivity contribution is 6.33. The van der Waals surface area contributed by atoms with Crippen molar-refractivity contribution in [2.24, 2.45) is 0 Å². The highest BCUT2D eigenvalue weighted by atomic mass is 35.5. The van der Waals surface area contributed by atoms with E-state index in [9.17, 15) is 10.2 Å². The molecule has 15 heavy (non-hydrogen) atoms. The maximum Gasteiger partial charge on any atom is 0.138 e. The van der Waals surface area contributed by atoms with Crippen molar-refractivity contribution in [3.63, 3.8) is 0 Å². The van der Waals surface area contributed by atoms with Gasteiger partial charge in [0, 0.05) is 6.07 Å². The van der Waals surface area contributed by atoms with Crippen molar-refractivity contribution in [2.75, 3.05) is 0 Å². The lowest BCUT2D eigenvalue weighted by Gasteiger charge is -2.11. The van der Waals surface area contributed by atoms with Gasteiger partial charge in [-0.05, 0) is 30.9 Å². The van der Waals surface area contributed by atoms with Gasteiger partial charge in [-0.25, -0.2) is 0 Å². The summed E-state index contributed by atoms with van der Waals surface area (Å²) in [5, 5.41) is 19.4. The SMILES string of the molecule is CCCCCc1c(C)c(O)cc(O)c1Cl. The second-order valence-electron chi connectivity index (χ2n) is 3.79. The van der Waals surface area contributed by atoms with E-state index in [-0.39, 0.29) is 11.5 Å². The lowest BCUT2D eigenvalue weighted by Crippen LogP contribution is -1.92. The van der Waals surface area contributed by atoms with Crippen LogP contribution in [0.15, 0.2) is 6.07 Å². The summed E-state index contributed by atoms with van der Waals surface area (Å²) in [5.74, 6) is 0.0784. The van der Waals surface area contributed by atoms with Gasteiger partial charge in [0.2, 0.25) is 0 Å². The van der Waals surface area contributed by atoms with Crippen LogP contribution in [0.3, 0.4) is 0 Å². The van der Waals surface area contributed by atoms with Gasteiger partial charge in [-0.2, -0.15) is 0 Å². The van der Waals surface area contributed by atoms with E-state index in [1.54, 1.807) is 0 Å². The molecule has 1 aromatic carbocycles. The minimum absolute atomic E-state index is 0.0359. The Morgan fingerprint density at radius 1 is 1.20 bits per heavy atom. The standard InChI is InChI=1S/C12H17ClO2/c1-3-4-5-6-9-8(2)10(14)7-11(15)12(9)13/h7,14-15H,3-6H2,1-2H3. The van der Waals surface area contributed by atoms with E-state index in [2.05, 4.69) is 6.92 Å². The molecule has 2 nitrogen and oxygen atoms in total. The summed E-state index contributed by atoms with van der Waals surface area (Å²) in [5.41, 5.74) is 1.64. The molecule has 0 spiro atoms. The van der Waals surface area contributed by atoms with Crippen LogP contribution in [0, 0.1) is 6.92 Å². The Balaban J connectivity index is 2.94. The summed E-state index contributed by atoms with van der Waals surface area (Å²) in [6, 6.07) is 1.29. The van der Waals surface area contributed by atoms with Gasteiger partial charge in [-0.1, -0.05) is 31.4 Å². The smallest absolute Gasteiger partial charge is 0.138 e. The van der Waals surface area contributed by atoms with Crippen LogP contribution < -0.4 is 0 Å². The summed E-state index contributed by atoms with van der Waals surface area (Å²) >= 11 is 5.99. The summed E-state index contributed by atoms with van der Waals surface area (Å²) < 4.78 is 0. The first kappa shape index (κ1) is 12.2. The minimum Gasteiger partial charge on any atom is -0.508 e. The summed E-state index contributed by atoms with van der Waals surface area (Å²) in [4.78, 5) is 0. The lowest BCUT2D eigenvalue weighted by atomic mass is 10.0. The summed E-state index contributed by atoms with van der Waals surface area (Å²) in [7, 11) is 0. The van der Waals surface area contributed by atoms with Crippen molar-refractivity contribution in [3.8, 4) is 11.5 Å². The third-order valence-electron chi connectivity index (χ3n) is 2.63. The van der Waals surface area contributed by atoms with Gasteiger partial charge in [0.25, 0.3) is 0 Å². The molecule has 0 unspecified atom stereocenters. The highest BCUT2D eigenvalue weighted by Gasteiger charge is 2.12. The van der Waals surface area contributed by atoms with Gasteiger partial charge < -0.3 is 10.2 Å². The lowest BCUT2D eigenvalue weighted by molar-refractivity contribution is 0.446. The van der Waals surface area contributed by atoms with E-state index < -0.39 is 0 Å². The first-order valence-electron chi connectivity index (χ1n) is 5.27. The molecule has 1 aromatic rings. The van der Waals surface area contributed by atoms with Crippen molar-refractivity contribution >= 4 is 11.6 Å². The maximum atomic E-state index is 9.54. The maximum absolute atomic E-state index is 9.54. The third kappa shape index (κ3) is 2.78. The molecular weight excluding hydrogens is 212 g/mol. The second-order valence-corrected chi connectivity index (χ2v) is 4.17. The number of hydrogen-bond acceptors (Lipinski definition) is 2. The molecule has 0 atom stereocenters. The second kappa shape index (κ2) is 5.26. The number of phenolic OH excluding ortho intramolecular Hbond substituents is 2. The number of unbranched alkanes of at least 4 members (excludes halogenated alkanes) is 2. The molecule has 2 N–H and O–H groups in total. The van der Waals surface area contributed by atoms with E-state index in [0.717, 1.165) is 36.8 Å². The molecule has 0 fully saturated rings. The van der Waals surface area contributed by atoms with Gasteiger partial charge in [-0.3, -0.25) is 0 Å². The zero-order valence-corrected chi connectivity index (χ0v) is 9.93. The van der Waals surface area contributed by atoms with E-state index in [1.807, 2.05) is 6.92 Å². The van der Waals surface area contributed by atoms with E-state index >= 15 is 0 Å². The van der Waals surface area contributed by atoms with Crippen LogP contribution in [0.25, 0.3) is 0 Å². The van der Waals surface area contributed by atoms with Crippen LogP contribution in [0.5, 0.6) is 11.5 Å². The van der Waals surface area contributed by atoms with Crippen molar-refractivity contribution in [2.45, 2.75) is 39.5 Å². The minimum atomic E-state index is -0.0359. The molecule has 84 valence electrons. The fraction of sp³-hybridized carbons (Fsp3) is 0.500. The van der Waals surface area contributed by atoms with Crippen molar-refractivity contribution in [3.05, 3.63) is 22.2 Å².